The molecule has 0 bridgehead atoms. The number of nitrogens with zero attached hydrogens (tertiary/aromatic N) is 4. The van der Waals surface area contributed by atoms with E-state index in [-0.39, 0.29) is 24.3 Å². The minimum atomic E-state index is -3.60. The van der Waals surface area contributed by atoms with Gasteiger partial charge in [-0.1, -0.05) is 0 Å². The molecule has 176 valence electrons. The lowest BCUT2D eigenvalue weighted by molar-refractivity contribution is -0.0828. The first-order chi connectivity index (χ1) is 15.6. The second kappa shape index (κ2) is 9.37. The van der Waals surface area contributed by atoms with Crippen LogP contribution in [0.1, 0.15) is 29.2 Å². The van der Waals surface area contributed by atoms with Gasteiger partial charge >= 0.3 is 6.09 Å². The highest BCUT2D eigenvalue weighted by molar-refractivity contribution is 5.98. The number of alkyl halides is 2. The molecule has 1 aliphatic rings. The Bertz CT molecular complexity index is 1070. The lowest BCUT2D eigenvalue weighted by Gasteiger charge is -2.42. The number of carboxylic acid groups (broad SMARTS) is 1. The Morgan fingerprint density at radius 1 is 1.33 bits per heavy atom. The Morgan fingerprint density at radius 2 is 2.00 bits per heavy atom. The van der Waals surface area contributed by atoms with Gasteiger partial charge in [-0.2, -0.15) is 10.4 Å². The fourth-order valence-corrected chi connectivity index (χ4v) is 3.89. The van der Waals surface area contributed by atoms with E-state index in [0.717, 1.165) is 4.90 Å². The number of rotatable bonds is 7. The van der Waals surface area contributed by atoms with Crippen LogP contribution in [0.4, 0.5) is 29.5 Å². The zero-order valence-corrected chi connectivity index (χ0v) is 17.2. The van der Waals surface area contributed by atoms with Gasteiger partial charge in [0, 0.05) is 24.8 Å². The lowest BCUT2D eigenvalue weighted by Crippen LogP contribution is -2.53. The number of nitriles is 1. The summed E-state index contributed by atoms with van der Waals surface area (Å²) in [5, 5.41) is 35.2. The molecule has 2 amide bonds. The van der Waals surface area contributed by atoms with Crippen molar-refractivity contribution in [3.63, 3.8) is 0 Å². The number of aliphatic hydroxyl groups is 1. The van der Waals surface area contributed by atoms with Crippen molar-refractivity contribution in [1.29, 1.82) is 5.26 Å². The molecule has 1 fully saturated rings. The number of carbonyl (C=O) groups excluding carboxylic acids is 1. The van der Waals surface area contributed by atoms with Crippen molar-refractivity contribution in [3.8, 4) is 6.07 Å². The van der Waals surface area contributed by atoms with E-state index in [1.165, 1.54) is 35.1 Å². The van der Waals surface area contributed by atoms with Crippen LogP contribution >= 0.6 is 0 Å². The quantitative estimate of drug-likeness (QED) is 0.487. The van der Waals surface area contributed by atoms with Gasteiger partial charge in [-0.25, -0.2) is 18.0 Å². The van der Waals surface area contributed by atoms with Gasteiger partial charge in [-0.15, -0.1) is 0 Å². The number of hydrogen-bond acceptors (Lipinski definition) is 6. The predicted molar refractivity (Wildman–Crippen MR) is 108 cm³/mol. The Balaban J connectivity index is 1.97. The molecule has 1 saturated heterocycles. The molecule has 3 atom stereocenters. The van der Waals surface area contributed by atoms with Crippen LogP contribution in [-0.4, -0.2) is 62.0 Å². The van der Waals surface area contributed by atoms with Gasteiger partial charge < -0.3 is 26.2 Å². The summed E-state index contributed by atoms with van der Waals surface area (Å²) >= 11 is 0. The van der Waals surface area contributed by atoms with E-state index in [0.29, 0.717) is 5.69 Å². The summed E-state index contributed by atoms with van der Waals surface area (Å²) in [4.78, 5) is 24.3. The third kappa shape index (κ3) is 5.17. The summed E-state index contributed by atoms with van der Waals surface area (Å²) in [5.74, 6) is -6.19. The zero-order valence-electron chi connectivity index (χ0n) is 17.2. The third-order valence-electron chi connectivity index (χ3n) is 5.47. The maximum atomic E-state index is 14.0. The minimum Gasteiger partial charge on any atom is -0.465 e. The third-order valence-corrected chi connectivity index (χ3v) is 5.47. The van der Waals surface area contributed by atoms with Crippen LogP contribution in [0, 0.1) is 23.1 Å². The Labute approximate surface area is 186 Å². The highest BCUT2D eigenvalue weighted by atomic mass is 19.3. The molecule has 2 aromatic rings. The van der Waals surface area contributed by atoms with Crippen molar-refractivity contribution in [1.82, 2.24) is 14.7 Å². The predicted octanol–water partition coefficient (Wildman–Crippen LogP) is 2.32. The Hall–Kier alpha value is -3.79. The summed E-state index contributed by atoms with van der Waals surface area (Å²) in [7, 11) is 0. The molecule has 0 radical (unpaired) electrons. The molecule has 10 nitrogen and oxygen atoms in total. The number of aromatic nitrogens is 2. The smallest absolute Gasteiger partial charge is 0.407 e. The molecule has 1 unspecified atom stereocenters. The second-order valence-electron chi connectivity index (χ2n) is 7.64. The SMILES string of the molecule is N#C[C@H]1C(CC(F)(F)CO)N(C(=O)O)CC[C@@H]1n1cc(C(N)=O)c(Nc2ccc(F)cc2)n1. The fourth-order valence-electron chi connectivity index (χ4n) is 3.89. The molecule has 0 aliphatic carbocycles. The number of halogens is 3. The Morgan fingerprint density at radius 3 is 2.55 bits per heavy atom. The number of carbonyl (C=O) groups is 2. The van der Waals surface area contributed by atoms with E-state index in [9.17, 15) is 33.1 Å². The molecule has 13 heteroatoms. The molecular weight excluding hydrogens is 445 g/mol. The lowest BCUT2D eigenvalue weighted by atomic mass is 9.83. The molecular formula is C20H21F3N6O4. The van der Waals surface area contributed by atoms with Crippen LogP contribution < -0.4 is 11.1 Å². The van der Waals surface area contributed by atoms with Crippen LogP contribution in [0.2, 0.25) is 0 Å². The molecule has 0 spiro atoms. The number of nitrogens with two attached hydrogens (primary N) is 1. The van der Waals surface area contributed by atoms with Crippen molar-refractivity contribution in [2.24, 2.45) is 11.7 Å². The normalized spacial score (nSPS) is 20.8. The number of hydrogen-bond donors (Lipinski definition) is 4. The first kappa shape index (κ1) is 23.9. The van der Waals surface area contributed by atoms with Crippen molar-refractivity contribution < 1.29 is 33.0 Å². The van der Waals surface area contributed by atoms with Crippen LogP contribution in [0.15, 0.2) is 30.5 Å². The minimum absolute atomic E-state index is 0.00343. The van der Waals surface area contributed by atoms with E-state index in [2.05, 4.69) is 10.4 Å². The van der Waals surface area contributed by atoms with Gasteiger partial charge in [-0.05, 0) is 30.7 Å². The summed E-state index contributed by atoms with van der Waals surface area (Å²) < 4.78 is 42.3. The van der Waals surface area contributed by atoms with E-state index < -0.39 is 54.8 Å². The molecule has 1 aliphatic heterocycles. The van der Waals surface area contributed by atoms with Crippen LogP contribution in [0.25, 0.3) is 0 Å². The number of anilines is 2. The maximum Gasteiger partial charge on any atom is 0.407 e. The standard InChI is InChI=1S/C20H21F3N6O4/c21-11-1-3-12(4-2-11)26-18-14(17(25)31)9-29(27-18)15-5-6-28(19(32)33)16(13(15)8-24)7-20(22,23)10-30/h1-4,9,13,15-16,30H,5-7,10H2,(H2,25,31)(H,26,27)(H,32,33)/t13-,15+,16?/m1/s1. The van der Waals surface area contributed by atoms with Gasteiger partial charge in [0.05, 0.1) is 24.1 Å². The Kier molecular flexibility index (Phi) is 6.78. The summed E-state index contributed by atoms with van der Waals surface area (Å²) in [6.45, 7) is -1.67. The highest BCUT2D eigenvalue weighted by Crippen LogP contribution is 2.38. The number of likely N-dealkylation sites (tertiary alicyclic amines) is 1. The van der Waals surface area contributed by atoms with E-state index >= 15 is 0 Å². The second-order valence-corrected chi connectivity index (χ2v) is 7.64. The number of aliphatic hydroxyl groups excluding tert-OH is 1. The van der Waals surface area contributed by atoms with Crippen molar-refractivity contribution in [2.75, 3.05) is 18.5 Å². The average Bonchev–Trinajstić information content (AvgIpc) is 3.18. The van der Waals surface area contributed by atoms with E-state index in [1.807, 2.05) is 6.07 Å². The number of benzene rings is 1. The average molecular weight is 466 g/mol. The van der Waals surface area contributed by atoms with Crippen molar-refractivity contribution >= 4 is 23.5 Å². The summed E-state index contributed by atoms with van der Waals surface area (Å²) in [6, 6.07) is 4.77. The number of piperidine rings is 1. The number of amides is 2. The maximum absolute atomic E-state index is 14.0. The van der Waals surface area contributed by atoms with Gasteiger partial charge in [0.2, 0.25) is 0 Å². The largest absolute Gasteiger partial charge is 0.465 e. The molecule has 1 aromatic carbocycles. The summed E-state index contributed by atoms with van der Waals surface area (Å²) in [6.07, 6.45) is -1.22. The number of primary amides is 1. The topological polar surface area (TPSA) is 158 Å². The molecule has 2 heterocycles. The van der Waals surface area contributed by atoms with Gasteiger partial charge in [0.1, 0.15) is 18.0 Å². The molecule has 5 N–H and O–H groups in total. The first-order valence-electron chi connectivity index (χ1n) is 9.85. The van der Waals surface area contributed by atoms with Crippen LogP contribution in [-0.2, 0) is 0 Å². The fraction of sp³-hybridized carbons (Fsp3) is 0.400. The van der Waals surface area contributed by atoms with Crippen LogP contribution in [0.5, 0.6) is 0 Å². The summed E-state index contributed by atoms with van der Waals surface area (Å²) in [5.41, 5.74) is 5.75. The molecule has 0 saturated carbocycles. The highest BCUT2D eigenvalue weighted by Gasteiger charge is 2.46. The zero-order chi connectivity index (χ0) is 24.3. The van der Waals surface area contributed by atoms with Gasteiger partial charge in [0.15, 0.2) is 5.82 Å². The van der Waals surface area contributed by atoms with E-state index in [4.69, 9.17) is 10.8 Å². The first-order valence-corrected chi connectivity index (χ1v) is 9.85. The van der Waals surface area contributed by atoms with Gasteiger partial charge in [0.25, 0.3) is 11.8 Å². The molecule has 3 rings (SSSR count). The monoisotopic (exact) mass is 466 g/mol. The number of nitrogens with one attached hydrogen (secondary N) is 1. The molecule has 1 aromatic heterocycles. The molecule has 33 heavy (non-hydrogen) atoms. The van der Waals surface area contributed by atoms with Gasteiger partial charge in [-0.3, -0.25) is 9.48 Å². The van der Waals surface area contributed by atoms with Crippen LogP contribution in [0.3, 0.4) is 0 Å². The van der Waals surface area contributed by atoms with Crippen molar-refractivity contribution in [3.05, 3.63) is 41.8 Å². The van der Waals surface area contributed by atoms with E-state index in [1.54, 1.807) is 0 Å². The van der Waals surface area contributed by atoms with Crippen molar-refractivity contribution in [2.45, 2.75) is 30.8 Å².